The number of carbonyl (C=O) groups is 2. The molecule has 1 aromatic carbocycles. The van der Waals surface area contributed by atoms with Crippen LogP contribution >= 0.6 is 0 Å². The van der Waals surface area contributed by atoms with E-state index in [4.69, 9.17) is 5.11 Å². The van der Waals surface area contributed by atoms with Gasteiger partial charge in [-0.05, 0) is 24.6 Å². The Labute approximate surface area is 138 Å². The molecule has 0 fully saturated rings. The van der Waals surface area contributed by atoms with Crippen LogP contribution in [0.1, 0.15) is 28.7 Å². The first kappa shape index (κ1) is 17.6. The van der Waals surface area contributed by atoms with Gasteiger partial charge in [-0.25, -0.2) is 9.07 Å². The Hall–Kier alpha value is -2.77. The topological polar surface area (TPSA) is 88.3 Å². The number of rotatable bonds is 6. The molecule has 7 nitrogen and oxygen atoms in total. The third kappa shape index (κ3) is 3.95. The summed E-state index contributed by atoms with van der Waals surface area (Å²) in [6, 6.07) is 5.99. The van der Waals surface area contributed by atoms with Crippen molar-refractivity contribution in [2.75, 3.05) is 13.6 Å². The van der Waals surface area contributed by atoms with Crippen molar-refractivity contribution in [3.63, 3.8) is 0 Å². The van der Waals surface area contributed by atoms with E-state index < -0.39 is 11.9 Å². The highest BCUT2D eigenvalue weighted by atomic mass is 19.1. The molecule has 1 heterocycles. The van der Waals surface area contributed by atoms with Crippen molar-refractivity contribution in [3.8, 4) is 0 Å². The zero-order valence-electron chi connectivity index (χ0n) is 13.7. The summed E-state index contributed by atoms with van der Waals surface area (Å²) in [5.41, 5.74) is 1.58. The molecule has 0 saturated heterocycles. The second kappa shape index (κ2) is 7.20. The van der Waals surface area contributed by atoms with Crippen LogP contribution in [0.15, 0.2) is 24.3 Å². The van der Waals surface area contributed by atoms with Gasteiger partial charge in [-0.2, -0.15) is 0 Å². The maximum atomic E-state index is 12.9. The zero-order chi connectivity index (χ0) is 17.9. The molecule has 1 N–H and O–H groups in total. The lowest BCUT2D eigenvalue weighted by molar-refractivity contribution is -0.141. The Morgan fingerprint density at radius 3 is 2.54 bits per heavy atom. The molecule has 8 heteroatoms. The lowest BCUT2D eigenvalue weighted by atomic mass is 10.1. The van der Waals surface area contributed by atoms with Crippen molar-refractivity contribution in [3.05, 3.63) is 47.0 Å². The van der Waals surface area contributed by atoms with Crippen LogP contribution < -0.4 is 0 Å². The quantitative estimate of drug-likeness (QED) is 0.866. The summed E-state index contributed by atoms with van der Waals surface area (Å²) >= 11 is 0. The van der Waals surface area contributed by atoms with Gasteiger partial charge in [0.1, 0.15) is 5.82 Å². The predicted octanol–water partition coefficient (Wildman–Crippen LogP) is 1.57. The van der Waals surface area contributed by atoms with Crippen LogP contribution in [0.25, 0.3) is 0 Å². The minimum atomic E-state index is -0.966. The summed E-state index contributed by atoms with van der Waals surface area (Å²) in [6.45, 7) is 3.69. The summed E-state index contributed by atoms with van der Waals surface area (Å²) in [5, 5.41) is 16.8. The van der Waals surface area contributed by atoms with Crippen molar-refractivity contribution in [1.82, 2.24) is 19.9 Å². The number of halogens is 1. The third-order valence-corrected chi connectivity index (χ3v) is 3.75. The smallest absolute Gasteiger partial charge is 0.308 e. The van der Waals surface area contributed by atoms with E-state index in [1.54, 1.807) is 23.7 Å². The molecule has 0 radical (unpaired) electrons. The van der Waals surface area contributed by atoms with Crippen molar-refractivity contribution in [2.24, 2.45) is 5.92 Å². The fourth-order valence-corrected chi connectivity index (χ4v) is 2.22. The molecule has 0 spiro atoms. The lowest BCUT2D eigenvalue weighted by Gasteiger charge is -2.18. The number of carboxylic acids is 1. The predicted molar refractivity (Wildman–Crippen MR) is 84.0 cm³/mol. The van der Waals surface area contributed by atoms with Crippen LogP contribution in [0.2, 0.25) is 0 Å². The van der Waals surface area contributed by atoms with Gasteiger partial charge in [0.2, 0.25) is 0 Å². The number of aromatic nitrogens is 3. The van der Waals surface area contributed by atoms with Crippen molar-refractivity contribution in [2.45, 2.75) is 20.4 Å². The monoisotopic (exact) mass is 334 g/mol. The van der Waals surface area contributed by atoms with Gasteiger partial charge in [0, 0.05) is 13.6 Å². The number of carboxylic acid groups (broad SMARTS) is 1. The first-order valence-electron chi connectivity index (χ1n) is 7.42. The lowest BCUT2D eigenvalue weighted by Crippen LogP contribution is -2.34. The number of carbonyl (C=O) groups excluding carboxylic acids is 1. The van der Waals surface area contributed by atoms with E-state index in [0.717, 1.165) is 5.56 Å². The summed E-state index contributed by atoms with van der Waals surface area (Å²) in [7, 11) is 1.53. The summed E-state index contributed by atoms with van der Waals surface area (Å²) in [5.74, 6) is -2.34. The van der Waals surface area contributed by atoms with Crippen molar-refractivity contribution >= 4 is 11.9 Å². The molecule has 24 heavy (non-hydrogen) atoms. The van der Waals surface area contributed by atoms with Crippen molar-refractivity contribution in [1.29, 1.82) is 0 Å². The average molecular weight is 334 g/mol. The van der Waals surface area contributed by atoms with Gasteiger partial charge in [0.25, 0.3) is 5.91 Å². The number of hydrogen-bond acceptors (Lipinski definition) is 4. The second-order valence-corrected chi connectivity index (χ2v) is 5.73. The van der Waals surface area contributed by atoms with E-state index in [2.05, 4.69) is 10.3 Å². The largest absolute Gasteiger partial charge is 0.481 e. The van der Waals surface area contributed by atoms with Crippen LogP contribution in [-0.2, 0) is 11.3 Å². The molecule has 128 valence electrons. The van der Waals surface area contributed by atoms with Gasteiger partial charge in [0.15, 0.2) is 5.69 Å². The number of amides is 1. The van der Waals surface area contributed by atoms with Gasteiger partial charge in [-0.3, -0.25) is 9.59 Å². The zero-order valence-corrected chi connectivity index (χ0v) is 13.7. The fourth-order valence-electron chi connectivity index (χ4n) is 2.22. The maximum Gasteiger partial charge on any atom is 0.308 e. The Morgan fingerprint density at radius 2 is 1.96 bits per heavy atom. The van der Waals surface area contributed by atoms with E-state index in [0.29, 0.717) is 12.2 Å². The molecule has 0 saturated carbocycles. The highest BCUT2D eigenvalue weighted by Crippen LogP contribution is 2.11. The second-order valence-electron chi connectivity index (χ2n) is 5.73. The van der Waals surface area contributed by atoms with Crippen LogP contribution in [0.5, 0.6) is 0 Å². The standard InChI is InChI=1S/C16H19FN4O3/c1-10(16(23)24)8-20(3)15(22)14-11(2)21(19-18-14)9-12-4-6-13(17)7-5-12/h4-7,10H,8-9H2,1-3H3,(H,23,24). The van der Waals surface area contributed by atoms with Crippen LogP contribution in [0.4, 0.5) is 4.39 Å². The molecule has 1 amide bonds. The van der Waals surface area contributed by atoms with E-state index in [1.165, 1.54) is 31.0 Å². The number of aliphatic carboxylic acids is 1. The Balaban J connectivity index is 2.12. The SMILES string of the molecule is Cc1c(C(=O)N(C)CC(C)C(=O)O)nnn1Cc1ccc(F)cc1. The van der Waals surface area contributed by atoms with Gasteiger partial charge in [-0.15, -0.1) is 5.10 Å². The summed E-state index contributed by atoms with van der Waals surface area (Å²) in [4.78, 5) is 24.6. The van der Waals surface area contributed by atoms with E-state index >= 15 is 0 Å². The minimum absolute atomic E-state index is 0.0818. The third-order valence-electron chi connectivity index (χ3n) is 3.75. The van der Waals surface area contributed by atoms with Gasteiger partial charge < -0.3 is 10.0 Å². The van der Waals surface area contributed by atoms with Crippen LogP contribution in [0, 0.1) is 18.7 Å². The molecule has 1 aromatic heterocycles. The number of nitrogens with zero attached hydrogens (tertiary/aromatic N) is 4. The molecule has 0 bridgehead atoms. The Bertz CT molecular complexity index is 742. The average Bonchev–Trinajstić information content (AvgIpc) is 2.89. The van der Waals surface area contributed by atoms with E-state index in [1.807, 2.05) is 0 Å². The van der Waals surface area contributed by atoms with E-state index in [-0.39, 0.29) is 24.0 Å². The molecule has 0 aliphatic carbocycles. The van der Waals surface area contributed by atoms with E-state index in [9.17, 15) is 14.0 Å². The minimum Gasteiger partial charge on any atom is -0.481 e. The summed E-state index contributed by atoms with van der Waals surface area (Å²) < 4.78 is 14.5. The molecule has 1 atom stereocenters. The number of hydrogen-bond donors (Lipinski definition) is 1. The van der Waals surface area contributed by atoms with Gasteiger partial charge in [-0.1, -0.05) is 24.3 Å². The highest BCUT2D eigenvalue weighted by molar-refractivity contribution is 5.93. The maximum absolute atomic E-state index is 12.9. The molecule has 1 unspecified atom stereocenters. The molecular weight excluding hydrogens is 315 g/mol. The van der Waals surface area contributed by atoms with Gasteiger partial charge >= 0.3 is 5.97 Å². The Morgan fingerprint density at radius 1 is 1.33 bits per heavy atom. The summed E-state index contributed by atoms with van der Waals surface area (Å²) in [6.07, 6.45) is 0. The number of benzene rings is 1. The normalized spacial score (nSPS) is 12.0. The molecule has 2 aromatic rings. The molecule has 0 aliphatic rings. The Kier molecular flexibility index (Phi) is 5.28. The van der Waals surface area contributed by atoms with Crippen LogP contribution in [0.3, 0.4) is 0 Å². The van der Waals surface area contributed by atoms with Crippen LogP contribution in [-0.4, -0.2) is 50.5 Å². The van der Waals surface area contributed by atoms with Gasteiger partial charge in [0.05, 0.1) is 18.2 Å². The fraction of sp³-hybridized carbons (Fsp3) is 0.375. The molecular formula is C16H19FN4O3. The van der Waals surface area contributed by atoms with Crippen molar-refractivity contribution < 1.29 is 19.1 Å². The highest BCUT2D eigenvalue weighted by Gasteiger charge is 2.23. The first-order valence-corrected chi connectivity index (χ1v) is 7.42. The first-order chi connectivity index (χ1) is 11.3. The molecule has 2 rings (SSSR count). The molecule has 0 aliphatic heterocycles.